The van der Waals surface area contributed by atoms with Crippen LogP contribution in [0.3, 0.4) is 0 Å². The van der Waals surface area contributed by atoms with Gasteiger partial charge in [0.15, 0.2) is 0 Å². The van der Waals surface area contributed by atoms with Gasteiger partial charge in [-0.25, -0.2) is 0 Å². The summed E-state index contributed by atoms with van der Waals surface area (Å²) < 4.78 is 0. The molecule has 0 aliphatic heterocycles. The molecule has 0 unspecified atom stereocenters. The molecule has 1 aromatic heterocycles. The van der Waals surface area contributed by atoms with Crippen LogP contribution >= 0.6 is 0 Å². The molecule has 0 spiro atoms. The van der Waals surface area contributed by atoms with Crippen molar-refractivity contribution >= 4 is 10.9 Å². The van der Waals surface area contributed by atoms with E-state index in [0.717, 1.165) is 22.9 Å². The van der Waals surface area contributed by atoms with Gasteiger partial charge in [-0.3, -0.25) is 0 Å². The number of hydrogen-bond acceptors (Lipinski definition) is 2. The molecule has 2 aromatic carbocycles. The van der Waals surface area contributed by atoms with Gasteiger partial charge in [0.2, 0.25) is 0 Å². The Kier molecular flexibility index (Phi) is 3.23. The highest BCUT2D eigenvalue weighted by atomic mass is 15.1. The quantitative estimate of drug-likeness (QED) is 0.692. The van der Waals surface area contributed by atoms with Gasteiger partial charge in [-0.1, -0.05) is 55.8 Å². The van der Waals surface area contributed by atoms with Crippen LogP contribution in [0.15, 0.2) is 54.7 Å². The predicted molar refractivity (Wildman–Crippen MR) is 79.0 cm³/mol. The molecule has 0 saturated carbocycles. The maximum absolute atomic E-state index is 4.16. The predicted octanol–water partition coefficient (Wildman–Crippen LogP) is 4.25. The van der Waals surface area contributed by atoms with Gasteiger partial charge in [-0.15, -0.1) is 0 Å². The Balaban J connectivity index is 2.08. The minimum Gasteiger partial charge on any atom is -0.158 e. The molecule has 0 saturated heterocycles. The highest BCUT2D eigenvalue weighted by Crippen LogP contribution is 2.26. The van der Waals surface area contributed by atoms with Crippen molar-refractivity contribution < 1.29 is 0 Å². The zero-order chi connectivity index (χ0) is 13.1. The third kappa shape index (κ3) is 2.34. The van der Waals surface area contributed by atoms with Gasteiger partial charge < -0.3 is 0 Å². The first-order chi connectivity index (χ1) is 9.38. The zero-order valence-electron chi connectivity index (χ0n) is 11.0. The number of aromatic nitrogens is 2. The van der Waals surface area contributed by atoms with Crippen molar-refractivity contribution in [2.24, 2.45) is 0 Å². The van der Waals surface area contributed by atoms with Gasteiger partial charge in [0.25, 0.3) is 0 Å². The average Bonchev–Trinajstić information content (AvgIpc) is 2.48. The minimum absolute atomic E-state index is 0.942. The van der Waals surface area contributed by atoms with Gasteiger partial charge in [-0.05, 0) is 23.6 Å². The molecule has 0 radical (unpaired) electrons. The molecule has 0 bridgehead atoms. The lowest BCUT2D eigenvalue weighted by atomic mass is 10.0. The standard InChI is InChI=1S/C17H16N2/c1-2-5-13-8-10-14(11-9-13)16-12-18-19-17-7-4-3-6-15(16)17/h3-4,6-12H,2,5H2,1H3. The van der Waals surface area contributed by atoms with Crippen LogP contribution in [0.1, 0.15) is 18.9 Å². The van der Waals surface area contributed by atoms with Crippen LogP contribution in [0.5, 0.6) is 0 Å². The van der Waals surface area contributed by atoms with E-state index in [1.807, 2.05) is 24.4 Å². The van der Waals surface area contributed by atoms with Crippen LogP contribution in [0.2, 0.25) is 0 Å². The molecule has 19 heavy (non-hydrogen) atoms. The van der Waals surface area contributed by atoms with Crippen molar-refractivity contribution in [2.75, 3.05) is 0 Å². The normalized spacial score (nSPS) is 10.8. The van der Waals surface area contributed by atoms with E-state index in [4.69, 9.17) is 0 Å². The molecule has 2 nitrogen and oxygen atoms in total. The second-order valence-corrected chi connectivity index (χ2v) is 4.72. The second-order valence-electron chi connectivity index (χ2n) is 4.72. The fraction of sp³-hybridized carbons (Fsp3) is 0.176. The Bertz CT molecular complexity index is 682. The third-order valence-corrected chi connectivity index (χ3v) is 3.35. The number of benzene rings is 2. The van der Waals surface area contributed by atoms with Gasteiger partial charge in [0.05, 0.1) is 11.7 Å². The van der Waals surface area contributed by atoms with E-state index < -0.39 is 0 Å². The van der Waals surface area contributed by atoms with E-state index in [2.05, 4.69) is 47.5 Å². The first-order valence-corrected chi connectivity index (χ1v) is 6.68. The highest BCUT2D eigenvalue weighted by Gasteiger charge is 2.04. The number of aryl methyl sites for hydroxylation is 1. The van der Waals surface area contributed by atoms with E-state index in [1.54, 1.807) is 0 Å². The molecule has 0 N–H and O–H groups in total. The van der Waals surface area contributed by atoms with Crippen molar-refractivity contribution in [1.29, 1.82) is 0 Å². The SMILES string of the molecule is CCCc1ccc(-c2cnnc3ccccc23)cc1. The van der Waals surface area contributed by atoms with E-state index in [9.17, 15) is 0 Å². The monoisotopic (exact) mass is 248 g/mol. The summed E-state index contributed by atoms with van der Waals surface area (Å²) in [4.78, 5) is 0. The van der Waals surface area contributed by atoms with Crippen LogP contribution in [0.4, 0.5) is 0 Å². The molecule has 3 rings (SSSR count). The van der Waals surface area contributed by atoms with E-state index >= 15 is 0 Å². The Morgan fingerprint density at radius 1 is 0.947 bits per heavy atom. The first kappa shape index (κ1) is 11.8. The fourth-order valence-electron chi connectivity index (χ4n) is 2.38. The Hall–Kier alpha value is -2.22. The lowest BCUT2D eigenvalue weighted by Crippen LogP contribution is -1.88. The zero-order valence-corrected chi connectivity index (χ0v) is 11.0. The van der Waals surface area contributed by atoms with Crippen molar-refractivity contribution in [2.45, 2.75) is 19.8 Å². The summed E-state index contributed by atoms with van der Waals surface area (Å²) in [6, 6.07) is 16.9. The van der Waals surface area contributed by atoms with Gasteiger partial charge in [0.1, 0.15) is 0 Å². The Labute approximate surface area is 113 Å². The van der Waals surface area contributed by atoms with Crippen molar-refractivity contribution in [3.8, 4) is 11.1 Å². The minimum atomic E-state index is 0.942. The van der Waals surface area contributed by atoms with Crippen LogP contribution in [0.25, 0.3) is 22.0 Å². The van der Waals surface area contributed by atoms with Crippen molar-refractivity contribution in [1.82, 2.24) is 10.2 Å². The molecule has 0 fully saturated rings. The van der Waals surface area contributed by atoms with Gasteiger partial charge in [-0.2, -0.15) is 10.2 Å². The second kappa shape index (κ2) is 5.19. The van der Waals surface area contributed by atoms with Crippen LogP contribution < -0.4 is 0 Å². The van der Waals surface area contributed by atoms with Gasteiger partial charge in [0, 0.05) is 10.9 Å². The summed E-state index contributed by atoms with van der Waals surface area (Å²) in [5.74, 6) is 0. The lowest BCUT2D eigenvalue weighted by Gasteiger charge is -2.06. The third-order valence-electron chi connectivity index (χ3n) is 3.35. The van der Waals surface area contributed by atoms with E-state index in [-0.39, 0.29) is 0 Å². The van der Waals surface area contributed by atoms with E-state index in [0.29, 0.717) is 0 Å². The van der Waals surface area contributed by atoms with Gasteiger partial charge >= 0.3 is 0 Å². The number of fused-ring (bicyclic) bond motifs is 1. The van der Waals surface area contributed by atoms with E-state index in [1.165, 1.54) is 17.5 Å². The first-order valence-electron chi connectivity index (χ1n) is 6.68. The smallest absolute Gasteiger partial charge is 0.0935 e. The van der Waals surface area contributed by atoms with Crippen LogP contribution in [-0.2, 0) is 6.42 Å². The molecule has 1 heterocycles. The molecular formula is C17H16N2. The average molecular weight is 248 g/mol. The number of hydrogen-bond donors (Lipinski definition) is 0. The molecule has 0 amide bonds. The van der Waals surface area contributed by atoms with Crippen molar-refractivity contribution in [3.63, 3.8) is 0 Å². The highest BCUT2D eigenvalue weighted by molar-refractivity contribution is 5.93. The summed E-state index contributed by atoms with van der Waals surface area (Å²) >= 11 is 0. The summed E-state index contributed by atoms with van der Waals surface area (Å²) in [6.45, 7) is 2.20. The Morgan fingerprint density at radius 3 is 2.53 bits per heavy atom. The summed E-state index contributed by atoms with van der Waals surface area (Å²) in [6.07, 6.45) is 4.16. The summed E-state index contributed by atoms with van der Waals surface area (Å²) in [5, 5.41) is 9.42. The largest absolute Gasteiger partial charge is 0.158 e. The molecule has 3 aromatic rings. The van der Waals surface area contributed by atoms with Crippen LogP contribution in [0, 0.1) is 0 Å². The maximum Gasteiger partial charge on any atom is 0.0935 e. The van der Waals surface area contributed by atoms with Crippen LogP contribution in [-0.4, -0.2) is 10.2 Å². The molecule has 0 atom stereocenters. The lowest BCUT2D eigenvalue weighted by molar-refractivity contribution is 0.922. The number of rotatable bonds is 3. The Morgan fingerprint density at radius 2 is 1.74 bits per heavy atom. The molecule has 2 heteroatoms. The topological polar surface area (TPSA) is 25.8 Å². The fourth-order valence-corrected chi connectivity index (χ4v) is 2.38. The van der Waals surface area contributed by atoms with Crippen molar-refractivity contribution in [3.05, 3.63) is 60.3 Å². The molecular weight excluding hydrogens is 232 g/mol. The molecule has 0 aliphatic carbocycles. The summed E-state index contributed by atoms with van der Waals surface area (Å²) in [7, 11) is 0. The molecule has 94 valence electrons. The molecule has 0 aliphatic rings. The maximum atomic E-state index is 4.16. The summed E-state index contributed by atoms with van der Waals surface area (Å²) in [5.41, 5.74) is 4.68. The number of nitrogens with zero attached hydrogens (tertiary/aromatic N) is 2.